The summed E-state index contributed by atoms with van der Waals surface area (Å²) in [6.45, 7) is 6.20. The van der Waals surface area contributed by atoms with Crippen LogP contribution in [0.25, 0.3) is 0 Å². The monoisotopic (exact) mass is 465 g/mol. The van der Waals surface area contributed by atoms with Crippen LogP contribution in [0.5, 0.6) is 5.88 Å². The van der Waals surface area contributed by atoms with Gasteiger partial charge in [0.1, 0.15) is 11.7 Å². The number of fused-ring (bicyclic) bond motifs is 1. The lowest BCUT2D eigenvalue weighted by molar-refractivity contribution is 0.0324. The molecule has 2 aromatic rings. The molecule has 8 nitrogen and oxygen atoms in total. The standard InChI is InChI=1S/C26H35N5O3/c1-19-15-31(20(2)18-32)26(33)23-13-21(9-8-12-29(3)4)14-28-25(23)34-24(19)17-30(5)16-22-10-6-7-11-27-22/h6-7,10-11,13-14,19-20,24,32H,12,15-18H2,1-5H3/t19-,20-,24+/m1/s1. The molecular formula is C26H35N5O3. The maximum absolute atomic E-state index is 13.5. The molecule has 2 aromatic heterocycles. The fourth-order valence-electron chi connectivity index (χ4n) is 3.83. The fraction of sp³-hybridized carbons (Fsp3) is 0.500. The summed E-state index contributed by atoms with van der Waals surface area (Å²) < 4.78 is 6.35. The summed E-state index contributed by atoms with van der Waals surface area (Å²) >= 11 is 0. The Morgan fingerprint density at radius 3 is 2.76 bits per heavy atom. The topological polar surface area (TPSA) is 82.0 Å². The number of pyridine rings is 2. The van der Waals surface area contributed by atoms with Gasteiger partial charge in [0.25, 0.3) is 5.91 Å². The third-order valence-corrected chi connectivity index (χ3v) is 5.80. The second kappa shape index (κ2) is 11.9. The minimum Gasteiger partial charge on any atom is -0.472 e. The molecule has 0 unspecified atom stereocenters. The number of hydrogen-bond donors (Lipinski definition) is 1. The molecule has 182 valence electrons. The number of likely N-dealkylation sites (N-methyl/N-ethyl adjacent to an activating group) is 1. The number of nitrogens with zero attached hydrogens (tertiary/aromatic N) is 5. The van der Waals surface area contributed by atoms with Gasteiger partial charge in [0.15, 0.2) is 0 Å². The Morgan fingerprint density at radius 2 is 2.09 bits per heavy atom. The number of aliphatic hydroxyl groups excluding tert-OH is 1. The Hall–Kier alpha value is -2.99. The summed E-state index contributed by atoms with van der Waals surface area (Å²) in [7, 11) is 5.93. The first-order valence-corrected chi connectivity index (χ1v) is 11.6. The van der Waals surface area contributed by atoms with Gasteiger partial charge in [-0.05, 0) is 46.3 Å². The summed E-state index contributed by atoms with van der Waals surface area (Å²) in [4.78, 5) is 28.2. The van der Waals surface area contributed by atoms with Crippen LogP contribution in [0.2, 0.25) is 0 Å². The van der Waals surface area contributed by atoms with E-state index in [1.54, 1.807) is 23.4 Å². The van der Waals surface area contributed by atoms with Gasteiger partial charge in [0.05, 0.1) is 24.9 Å². The second-order valence-corrected chi connectivity index (χ2v) is 9.26. The van der Waals surface area contributed by atoms with E-state index in [1.807, 2.05) is 51.2 Å². The molecule has 0 fully saturated rings. The third kappa shape index (κ3) is 6.76. The van der Waals surface area contributed by atoms with Crippen molar-refractivity contribution < 1.29 is 14.6 Å². The van der Waals surface area contributed by atoms with Crippen LogP contribution in [0.3, 0.4) is 0 Å². The second-order valence-electron chi connectivity index (χ2n) is 9.26. The number of amides is 1. The number of hydrogen-bond acceptors (Lipinski definition) is 7. The van der Waals surface area contributed by atoms with Crippen LogP contribution in [-0.2, 0) is 6.54 Å². The first kappa shape index (κ1) is 25.6. The van der Waals surface area contributed by atoms with Gasteiger partial charge in [0.2, 0.25) is 5.88 Å². The smallest absolute Gasteiger partial charge is 0.259 e. The Labute approximate surface area is 202 Å². The summed E-state index contributed by atoms with van der Waals surface area (Å²) in [5, 5.41) is 9.82. The van der Waals surface area contributed by atoms with Gasteiger partial charge >= 0.3 is 0 Å². The van der Waals surface area contributed by atoms with Crippen molar-refractivity contribution in [1.29, 1.82) is 0 Å². The van der Waals surface area contributed by atoms with E-state index in [4.69, 9.17) is 4.74 Å². The van der Waals surface area contributed by atoms with E-state index in [0.717, 1.165) is 5.69 Å². The number of carbonyl (C=O) groups excluding carboxylic acids is 1. The lowest BCUT2D eigenvalue weighted by atomic mass is 10.00. The molecule has 1 aliphatic rings. The Morgan fingerprint density at radius 1 is 1.29 bits per heavy atom. The number of carbonyl (C=O) groups is 1. The van der Waals surface area contributed by atoms with Crippen LogP contribution in [0.4, 0.5) is 0 Å². The van der Waals surface area contributed by atoms with Crippen LogP contribution in [-0.4, -0.2) is 95.2 Å². The third-order valence-electron chi connectivity index (χ3n) is 5.80. The molecule has 0 spiro atoms. The lowest BCUT2D eigenvalue weighted by Crippen LogP contribution is -2.49. The SMILES string of the molecule is C[C@@H]1CN([C@H](C)CO)C(=O)c2cc(C#CCN(C)C)cnc2O[C@H]1CN(C)Cc1ccccn1. The highest BCUT2D eigenvalue weighted by Crippen LogP contribution is 2.27. The molecule has 34 heavy (non-hydrogen) atoms. The highest BCUT2D eigenvalue weighted by Gasteiger charge is 2.34. The van der Waals surface area contributed by atoms with Crippen molar-refractivity contribution in [2.45, 2.75) is 32.5 Å². The first-order chi connectivity index (χ1) is 16.3. The minimum atomic E-state index is -0.323. The number of aliphatic hydroxyl groups is 1. The van der Waals surface area contributed by atoms with Gasteiger partial charge in [-0.2, -0.15) is 0 Å². The summed E-state index contributed by atoms with van der Waals surface area (Å²) in [5.41, 5.74) is 2.02. The normalized spacial score (nSPS) is 19.1. The molecule has 1 amide bonds. The van der Waals surface area contributed by atoms with E-state index >= 15 is 0 Å². The van der Waals surface area contributed by atoms with Crippen LogP contribution < -0.4 is 4.74 Å². The summed E-state index contributed by atoms with van der Waals surface area (Å²) in [6.07, 6.45) is 3.24. The molecular weight excluding hydrogens is 430 g/mol. The highest BCUT2D eigenvalue weighted by molar-refractivity contribution is 5.97. The predicted octanol–water partition coefficient (Wildman–Crippen LogP) is 1.74. The van der Waals surface area contributed by atoms with E-state index in [2.05, 4.69) is 33.6 Å². The zero-order chi connectivity index (χ0) is 24.7. The maximum atomic E-state index is 13.5. The van der Waals surface area contributed by atoms with Gasteiger partial charge in [-0.3, -0.25) is 19.6 Å². The number of rotatable bonds is 7. The average Bonchev–Trinajstić information content (AvgIpc) is 2.81. The van der Waals surface area contributed by atoms with Gasteiger partial charge < -0.3 is 14.7 Å². The minimum absolute atomic E-state index is 0.0265. The van der Waals surface area contributed by atoms with Crippen molar-refractivity contribution in [3.05, 3.63) is 53.5 Å². The van der Waals surface area contributed by atoms with E-state index in [1.165, 1.54) is 0 Å². The molecule has 0 bridgehead atoms. The van der Waals surface area contributed by atoms with Crippen LogP contribution in [0.1, 0.15) is 35.5 Å². The van der Waals surface area contributed by atoms with Crippen LogP contribution in [0.15, 0.2) is 36.7 Å². The van der Waals surface area contributed by atoms with Crippen molar-refractivity contribution in [2.24, 2.45) is 5.92 Å². The molecule has 1 N–H and O–H groups in total. The van der Waals surface area contributed by atoms with Crippen LogP contribution >= 0.6 is 0 Å². The fourth-order valence-corrected chi connectivity index (χ4v) is 3.83. The van der Waals surface area contributed by atoms with Gasteiger partial charge in [-0.25, -0.2) is 4.98 Å². The largest absolute Gasteiger partial charge is 0.472 e. The van der Waals surface area contributed by atoms with Gasteiger partial charge in [0, 0.05) is 43.5 Å². The quantitative estimate of drug-likeness (QED) is 0.624. The zero-order valence-electron chi connectivity index (χ0n) is 20.7. The van der Waals surface area contributed by atoms with E-state index < -0.39 is 0 Å². The van der Waals surface area contributed by atoms with Crippen molar-refractivity contribution >= 4 is 5.91 Å². The lowest BCUT2D eigenvalue weighted by Gasteiger charge is -2.37. The van der Waals surface area contributed by atoms with Crippen molar-refractivity contribution in [3.8, 4) is 17.7 Å². The highest BCUT2D eigenvalue weighted by atomic mass is 16.5. The molecule has 3 rings (SSSR count). The van der Waals surface area contributed by atoms with E-state index in [-0.39, 0.29) is 30.6 Å². The maximum Gasteiger partial charge on any atom is 0.259 e. The molecule has 0 aliphatic carbocycles. The molecule has 1 aliphatic heterocycles. The van der Waals surface area contributed by atoms with E-state index in [0.29, 0.717) is 43.2 Å². The van der Waals surface area contributed by atoms with Crippen molar-refractivity contribution in [1.82, 2.24) is 24.7 Å². The molecule has 0 saturated heterocycles. The molecule has 8 heteroatoms. The number of aromatic nitrogens is 2. The Balaban J connectivity index is 1.89. The number of ether oxygens (including phenoxy) is 1. The van der Waals surface area contributed by atoms with Crippen molar-refractivity contribution in [2.75, 3.05) is 47.4 Å². The molecule has 0 saturated carbocycles. The summed E-state index contributed by atoms with van der Waals surface area (Å²) in [5.74, 6) is 6.29. The molecule has 0 radical (unpaired) electrons. The molecule has 0 aromatic carbocycles. The predicted molar refractivity (Wildman–Crippen MR) is 131 cm³/mol. The molecule has 3 heterocycles. The summed E-state index contributed by atoms with van der Waals surface area (Å²) in [6, 6.07) is 7.30. The first-order valence-electron chi connectivity index (χ1n) is 11.6. The van der Waals surface area contributed by atoms with E-state index in [9.17, 15) is 9.90 Å². The van der Waals surface area contributed by atoms with Gasteiger partial charge in [-0.15, -0.1) is 0 Å². The van der Waals surface area contributed by atoms with Crippen LogP contribution in [0, 0.1) is 17.8 Å². The Kier molecular flexibility index (Phi) is 8.99. The zero-order valence-corrected chi connectivity index (χ0v) is 20.7. The van der Waals surface area contributed by atoms with Gasteiger partial charge in [-0.1, -0.05) is 24.8 Å². The van der Waals surface area contributed by atoms with Crippen molar-refractivity contribution in [3.63, 3.8) is 0 Å². The molecule has 3 atom stereocenters. The Bertz CT molecular complexity index is 1020. The average molecular weight is 466 g/mol.